The molecule has 0 saturated heterocycles. The van der Waals surface area contributed by atoms with Crippen LogP contribution in [0, 0.1) is 0 Å². The number of para-hydroxylation sites is 1. The average molecular weight is 443 g/mol. The number of benzene rings is 2. The van der Waals surface area contributed by atoms with E-state index in [1.165, 1.54) is 25.7 Å². The minimum Gasteiger partial charge on any atom is -0.497 e. The van der Waals surface area contributed by atoms with Gasteiger partial charge in [-0.15, -0.1) is 0 Å². The molecule has 0 radical (unpaired) electrons. The number of rotatable bonds is 9. The lowest BCUT2D eigenvalue weighted by Crippen LogP contribution is -2.36. The SMILES string of the molecule is COc1ccc(-c2nc(NCCN(Cc3ccco3)C3CCCC3)c3ccccc3n2)cc1. The first-order chi connectivity index (χ1) is 16.3. The van der Waals surface area contributed by atoms with Crippen LogP contribution in [0.5, 0.6) is 5.75 Å². The zero-order chi connectivity index (χ0) is 22.5. The lowest BCUT2D eigenvalue weighted by Gasteiger charge is -2.28. The van der Waals surface area contributed by atoms with Crippen molar-refractivity contribution in [2.75, 3.05) is 25.5 Å². The summed E-state index contributed by atoms with van der Waals surface area (Å²) in [7, 11) is 1.67. The van der Waals surface area contributed by atoms with E-state index in [0.29, 0.717) is 11.9 Å². The highest BCUT2D eigenvalue weighted by atomic mass is 16.5. The maximum atomic E-state index is 5.64. The number of furan rings is 1. The van der Waals surface area contributed by atoms with Crippen LogP contribution in [-0.2, 0) is 6.54 Å². The predicted molar refractivity (Wildman–Crippen MR) is 131 cm³/mol. The summed E-state index contributed by atoms with van der Waals surface area (Å²) in [6, 6.07) is 20.7. The van der Waals surface area contributed by atoms with Crippen LogP contribution in [0.1, 0.15) is 31.4 Å². The van der Waals surface area contributed by atoms with Crippen molar-refractivity contribution in [1.82, 2.24) is 14.9 Å². The van der Waals surface area contributed by atoms with Gasteiger partial charge in [0, 0.05) is 30.1 Å². The minimum absolute atomic E-state index is 0.619. The lowest BCUT2D eigenvalue weighted by molar-refractivity contribution is 0.182. The fraction of sp³-hybridized carbons (Fsp3) is 0.333. The van der Waals surface area contributed by atoms with E-state index < -0.39 is 0 Å². The third-order valence-corrected chi connectivity index (χ3v) is 6.42. The average Bonchev–Trinajstić information content (AvgIpc) is 3.58. The van der Waals surface area contributed by atoms with E-state index in [2.05, 4.69) is 22.3 Å². The maximum absolute atomic E-state index is 5.64. The Morgan fingerprint density at radius 1 is 1.00 bits per heavy atom. The van der Waals surface area contributed by atoms with Gasteiger partial charge in [0.2, 0.25) is 0 Å². The van der Waals surface area contributed by atoms with Gasteiger partial charge in [-0.25, -0.2) is 9.97 Å². The van der Waals surface area contributed by atoms with E-state index in [-0.39, 0.29) is 0 Å². The second-order valence-corrected chi connectivity index (χ2v) is 8.56. The summed E-state index contributed by atoms with van der Waals surface area (Å²) < 4.78 is 10.9. The van der Waals surface area contributed by atoms with E-state index in [1.807, 2.05) is 48.5 Å². The number of hydrogen-bond acceptors (Lipinski definition) is 6. The largest absolute Gasteiger partial charge is 0.497 e. The Kier molecular flexibility index (Phi) is 6.53. The van der Waals surface area contributed by atoms with Crippen LogP contribution >= 0.6 is 0 Å². The van der Waals surface area contributed by atoms with E-state index in [9.17, 15) is 0 Å². The van der Waals surface area contributed by atoms with Crippen molar-refractivity contribution < 1.29 is 9.15 Å². The molecule has 2 heterocycles. The monoisotopic (exact) mass is 442 g/mol. The number of nitrogens with one attached hydrogen (secondary N) is 1. The van der Waals surface area contributed by atoms with Crippen LogP contribution in [0.15, 0.2) is 71.3 Å². The number of hydrogen-bond donors (Lipinski definition) is 1. The highest BCUT2D eigenvalue weighted by Gasteiger charge is 2.23. The first-order valence-electron chi connectivity index (χ1n) is 11.7. The van der Waals surface area contributed by atoms with Gasteiger partial charge in [-0.05, 0) is 61.4 Å². The van der Waals surface area contributed by atoms with Crippen molar-refractivity contribution in [3.05, 3.63) is 72.7 Å². The molecule has 5 rings (SSSR count). The number of nitrogens with zero attached hydrogens (tertiary/aromatic N) is 3. The van der Waals surface area contributed by atoms with E-state index in [1.54, 1.807) is 13.4 Å². The van der Waals surface area contributed by atoms with Gasteiger partial charge < -0.3 is 14.5 Å². The molecule has 0 bridgehead atoms. The first kappa shape index (κ1) is 21.5. The van der Waals surface area contributed by atoms with Gasteiger partial charge in [0.1, 0.15) is 17.3 Å². The number of ether oxygens (including phenoxy) is 1. The van der Waals surface area contributed by atoms with Crippen molar-refractivity contribution in [1.29, 1.82) is 0 Å². The number of fused-ring (bicyclic) bond motifs is 1. The van der Waals surface area contributed by atoms with Crippen molar-refractivity contribution in [2.45, 2.75) is 38.3 Å². The normalized spacial score (nSPS) is 14.2. The second-order valence-electron chi connectivity index (χ2n) is 8.56. The standard InChI is InChI=1S/C27H30N4O2/c1-32-22-14-12-20(13-15-22)26-29-25-11-5-4-10-24(25)27(30-26)28-16-17-31(21-7-2-3-8-21)19-23-9-6-18-33-23/h4-6,9-15,18,21H,2-3,7-8,16-17,19H2,1H3,(H,28,29,30). The van der Waals surface area contributed by atoms with Crippen LogP contribution < -0.4 is 10.1 Å². The molecule has 170 valence electrons. The Morgan fingerprint density at radius 3 is 2.58 bits per heavy atom. The Hall–Kier alpha value is -3.38. The minimum atomic E-state index is 0.619. The van der Waals surface area contributed by atoms with Crippen LogP contribution in [0.3, 0.4) is 0 Å². The van der Waals surface area contributed by atoms with Crippen molar-refractivity contribution >= 4 is 16.7 Å². The molecule has 1 N–H and O–H groups in total. The van der Waals surface area contributed by atoms with Crippen molar-refractivity contribution in [3.8, 4) is 17.1 Å². The van der Waals surface area contributed by atoms with Gasteiger partial charge in [0.15, 0.2) is 5.82 Å². The number of methoxy groups -OCH3 is 1. The topological polar surface area (TPSA) is 63.4 Å². The molecule has 0 spiro atoms. The van der Waals surface area contributed by atoms with E-state index >= 15 is 0 Å². The van der Waals surface area contributed by atoms with Crippen LogP contribution in [0.2, 0.25) is 0 Å². The van der Waals surface area contributed by atoms with Gasteiger partial charge >= 0.3 is 0 Å². The molecule has 4 aromatic rings. The van der Waals surface area contributed by atoms with Crippen LogP contribution in [0.4, 0.5) is 5.82 Å². The quantitative estimate of drug-likeness (QED) is 0.356. The molecule has 1 aliphatic carbocycles. The lowest BCUT2D eigenvalue weighted by atomic mass is 10.1. The summed E-state index contributed by atoms with van der Waals surface area (Å²) >= 11 is 0. The molecule has 33 heavy (non-hydrogen) atoms. The molecule has 2 aromatic heterocycles. The second kappa shape index (κ2) is 10.0. The summed E-state index contributed by atoms with van der Waals surface area (Å²) in [6.07, 6.45) is 6.91. The Bertz CT molecular complexity index is 1170. The number of aromatic nitrogens is 2. The third-order valence-electron chi connectivity index (χ3n) is 6.42. The van der Waals surface area contributed by atoms with Crippen LogP contribution in [-0.4, -0.2) is 41.1 Å². The molecule has 1 aliphatic rings. The van der Waals surface area contributed by atoms with Gasteiger partial charge in [0.05, 0.1) is 25.4 Å². The maximum Gasteiger partial charge on any atom is 0.162 e. The van der Waals surface area contributed by atoms with Gasteiger partial charge in [-0.1, -0.05) is 25.0 Å². The first-order valence-corrected chi connectivity index (χ1v) is 11.7. The van der Waals surface area contributed by atoms with Gasteiger partial charge in [-0.3, -0.25) is 4.90 Å². The Labute approximate surface area is 194 Å². The predicted octanol–water partition coefficient (Wildman–Crippen LogP) is 5.76. The highest BCUT2D eigenvalue weighted by molar-refractivity contribution is 5.90. The fourth-order valence-corrected chi connectivity index (χ4v) is 4.66. The molecule has 0 unspecified atom stereocenters. The molecule has 0 atom stereocenters. The number of anilines is 1. The molecule has 2 aromatic carbocycles. The summed E-state index contributed by atoms with van der Waals surface area (Å²) in [5.41, 5.74) is 1.90. The molecule has 1 saturated carbocycles. The van der Waals surface area contributed by atoms with Crippen LogP contribution in [0.25, 0.3) is 22.3 Å². The smallest absolute Gasteiger partial charge is 0.162 e. The molecule has 0 amide bonds. The summed E-state index contributed by atoms with van der Waals surface area (Å²) in [6.45, 7) is 2.59. The fourth-order valence-electron chi connectivity index (χ4n) is 4.66. The summed E-state index contributed by atoms with van der Waals surface area (Å²) in [5.74, 6) is 3.43. The molecule has 6 nitrogen and oxygen atoms in total. The zero-order valence-electron chi connectivity index (χ0n) is 19.0. The highest BCUT2D eigenvalue weighted by Crippen LogP contribution is 2.27. The molecule has 1 fully saturated rings. The Morgan fingerprint density at radius 2 is 1.82 bits per heavy atom. The van der Waals surface area contributed by atoms with Crippen molar-refractivity contribution in [2.24, 2.45) is 0 Å². The van der Waals surface area contributed by atoms with Crippen molar-refractivity contribution in [3.63, 3.8) is 0 Å². The molecular formula is C27H30N4O2. The molecular weight excluding hydrogens is 412 g/mol. The molecule has 0 aliphatic heterocycles. The third kappa shape index (κ3) is 5.01. The van der Waals surface area contributed by atoms with Gasteiger partial charge in [-0.2, -0.15) is 0 Å². The zero-order valence-corrected chi connectivity index (χ0v) is 19.0. The Balaban J connectivity index is 1.35. The van der Waals surface area contributed by atoms with Gasteiger partial charge in [0.25, 0.3) is 0 Å². The molecule has 6 heteroatoms. The summed E-state index contributed by atoms with van der Waals surface area (Å²) in [5, 5.41) is 4.64. The summed E-state index contributed by atoms with van der Waals surface area (Å²) in [4.78, 5) is 12.2. The van der Waals surface area contributed by atoms with E-state index in [4.69, 9.17) is 19.1 Å². The van der Waals surface area contributed by atoms with E-state index in [0.717, 1.165) is 53.4 Å².